The molecule has 1 atom stereocenters. The van der Waals surface area contributed by atoms with Crippen molar-refractivity contribution in [3.63, 3.8) is 0 Å². The smallest absolute Gasteiger partial charge is 0.261 e. The van der Waals surface area contributed by atoms with Gasteiger partial charge in [0.05, 0.1) is 14.7 Å². The SMILES string of the molecule is CN1CCN(CC(NC(=O)c2cc(Br)c(Br)s2)c2ccccc2)CC1. The number of hydrogen-bond donors (Lipinski definition) is 1. The first-order valence-electron chi connectivity index (χ1n) is 8.24. The highest BCUT2D eigenvalue weighted by Crippen LogP contribution is 2.32. The quantitative estimate of drug-likeness (QED) is 0.693. The minimum absolute atomic E-state index is 0.0169. The van der Waals surface area contributed by atoms with E-state index in [1.54, 1.807) is 0 Å². The van der Waals surface area contributed by atoms with Crippen molar-refractivity contribution in [3.05, 3.63) is 55.1 Å². The first-order valence-corrected chi connectivity index (χ1v) is 10.6. The van der Waals surface area contributed by atoms with E-state index in [0.717, 1.165) is 46.5 Å². The highest BCUT2D eigenvalue weighted by atomic mass is 79.9. The third-order valence-electron chi connectivity index (χ3n) is 4.41. The molecule has 0 spiro atoms. The van der Waals surface area contributed by atoms with Crippen molar-refractivity contribution in [2.75, 3.05) is 39.8 Å². The first-order chi connectivity index (χ1) is 12.0. The molecule has 2 heterocycles. The van der Waals surface area contributed by atoms with E-state index in [1.165, 1.54) is 11.3 Å². The molecule has 0 radical (unpaired) electrons. The van der Waals surface area contributed by atoms with Crippen molar-refractivity contribution in [1.29, 1.82) is 0 Å². The van der Waals surface area contributed by atoms with E-state index in [4.69, 9.17) is 0 Å². The molecule has 0 saturated carbocycles. The number of amides is 1. The zero-order valence-electron chi connectivity index (χ0n) is 14.0. The van der Waals surface area contributed by atoms with E-state index >= 15 is 0 Å². The fraction of sp³-hybridized carbons (Fsp3) is 0.389. The molecular formula is C18H21Br2N3OS. The number of nitrogens with one attached hydrogen (secondary N) is 1. The summed E-state index contributed by atoms with van der Waals surface area (Å²) in [4.78, 5) is 18.2. The average Bonchev–Trinajstić information content (AvgIpc) is 2.96. The largest absolute Gasteiger partial charge is 0.343 e. The third-order valence-corrected chi connectivity index (χ3v) is 7.67. The highest BCUT2D eigenvalue weighted by molar-refractivity contribution is 9.13. The molecule has 1 fully saturated rings. The Morgan fingerprint density at radius 1 is 1.20 bits per heavy atom. The third kappa shape index (κ3) is 5.14. The molecule has 2 aromatic rings. The molecule has 1 amide bonds. The Morgan fingerprint density at radius 2 is 1.88 bits per heavy atom. The van der Waals surface area contributed by atoms with Crippen LogP contribution in [0.2, 0.25) is 0 Å². The number of rotatable bonds is 5. The van der Waals surface area contributed by atoms with Gasteiger partial charge in [0.25, 0.3) is 5.91 Å². The Balaban J connectivity index is 1.73. The van der Waals surface area contributed by atoms with Gasteiger partial charge in [0.1, 0.15) is 0 Å². The number of nitrogens with zero attached hydrogens (tertiary/aromatic N) is 2. The molecule has 1 aromatic carbocycles. The second kappa shape index (κ2) is 8.77. The van der Waals surface area contributed by atoms with Crippen LogP contribution in [-0.4, -0.2) is 55.5 Å². The number of carbonyl (C=O) groups is 1. The molecule has 1 aromatic heterocycles. The molecule has 1 aliphatic rings. The average molecular weight is 487 g/mol. The van der Waals surface area contributed by atoms with Crippen molar-refractivity contribution in [2.45, 2.75) is 6.04 Å². The highest BCUT2D eigenvalue weighted by Gasteiger charge is 2.22. The molecule has 3 rings (SSSR count). The minimum atomic E-state index is -0.0284. The van der Waals surface area contributed by atoms with Crippen molar-refractivity contribution in [3.8, 4) is 0 Å². The summed E-state index contributed by atoms with van der Waals surface area (Å²) in [6.07, 6.45) is 0. The predicted molar refractivity (Wildman–Crippen MR) is 110 cm³/mol. The van der Waals surface area contributed by atoms with Gasteiger partial charge in [0, 0.05) is 37.2 Å². The lowest BCUT2D eigenvalue weighted by Gasteiger charge is -2.35. The van der Waals surface area contributed by atoms with Gasteiger partial charge in [0.2, 0.25) is 0 Å². The van der Waals surface area contributed by atoms with Gasteiger partial charge in [-0.1, -0.05) is 30.3 Å². The number of halogens is 2. The van der Waals surface area contributed by atoms with Crippen LogP contribution in [0.5, 0.6) is 0 Å². The van der Waals surface area contributed by atoms with Gasteiger partial charge in [-0.15, -0.1) is 11.3 Å². The summed E-state index contributed by atoms with van der Waals surface area (Å²) in [6, 6.07) is 12.1. The zero-order chi connectivity index (χ0) is 17.8. The van der Waals surface area contributed by atoms with Crippen LogP contribution >= 0.6 is 43.2 Å². The van der Waals surface area contributed by atoms with Gasteiger partial charge in [0.15, 0.2) is 0 Å². The van der Waals surface area contributed by atoms with Crippen LogP contribution in [0.1, 0.15) is 21.3 Å². The van der Waals surface area contributed by atoms with Crippen LogP contribution < -0.4 is 5.32 Å². The Labute approximate surface area is 169 Å². The van der Waals surface area contributed by atoms with Crippen LogP contribution in [0.15, 0.2) is 44.7 Å². The molecule has 4 nitrogen and oxygen atoms in total. The standard InChI is InChI=1S/C18H21Br2N3OS/c1-22-7-9-23(10-8-22)12-15(13-5-3-2-4-6-13)21-18(24)16-11-14(19)17(20)25-16/h2-6,11,15H,7-10,12H2,1H3,(H,21,24). The summed E-state index contributed by atoms with van der Waals surface area (Å²) in [5.74, 6) is -0.0284. The predicted octanol–water partition coefficient (Wildman–Crippen LogP) is 3.99. The normalized spacial score (nSPS) is 17.4. The van der Waals surface area contributed by atoms with Gasteiger partial charge < -0.3 is 10.2 Å². The number of benzene rings is 1. The van der Waals surface area contributed by atoms with Gasteiger partial charge in [-0.3, -0.25) is 9.69 Å². The van der Waals surface area contributed by atoms with Crippen LogP contribution in [0.3, 0.4) is 0 Å². The van der Waals surface area contributed by atoms with Crippen molar-refractivity contribution in [2.24, 2.45) is 0 Å². The molecule has 1 unspecified atom stereocenters. The molecule has 1 N–H and O–H groups in total. The van der Waals surface area contributed by atoms with Gasteiger partial charge >= 0.3 is 0 Å². The second-order valence-corrected chi connectivity index (χ2v) is 9.50. The van der Waals surface area contributed by atoms with E-state index in [-0.39, 0.29) is 11.9 Å². The number of hydrogen-bond acceptors (Lipinski definition) is 4. The Morgan fingerprint density at radius 3 is 2.48 bits per heavy atom. The summed E-state index contributed by atoms with van der Waals surface area (Å²) >= 11 is 8.35. The van der Waals surface area contributed by atoms with E-state index in [9.17, 15) is 4.79 Å². The summed E-state index contributed by atoms with van der Waals surface area (Å²) in [7, 11) is 2.15. The Bertz CT molecular complexity index is 695. The Kier molecular flexibility index (Phi) is 6.68. The molecular weight excluding hydrogens is 466 g/mol. The van der Waals surface area contributed by atoms with Crippen molar-refractivity contribution in [1.82, 2.24) is 15.1 Å². The van der Waals surface area contributed by atoms with Crippen molar-refractivity contribution >= 4 is 49.1 Å². The topological polar surface area (TPSA) is 35.6 Å². The maximum Gasteiger partial charge on any atom is 0.261 e. The molecule has 1 aliphatic heterocycles. The lowest BCUT2D eigenvalue weighted by atomic mass is 10.1. The van der Waals surface area contributed by atoms with Gasteiger partial charge in [-0.05, 0) is 50.5 Å². The maximum absolute atomic E-state index is 12.7. The number of piperazine rings is 1. The molecule has 0 bridgehead atoms. The number of carbonyl (C=O) groups excluding carboxylic acids is 1. The molecule has 7 heteroatoms. The fourth-order valence-electron chi connectivity index (χ4n) is 2.90. The number of thiophene rings is 1. The van der Waals surface area contributed by atoms with Crippen molar-refractivity contribution < 1.29 is 4.79 Å². The molecule has 25 heavy (non-hydrogen) atoms. The van der Waals surface area contributed by atoms with Crippen LogP contribution in [0.4, 0.5) is 0 Å². The summed E-state index contributed by atoms with van der Waals surface area (Å²) in [5.41, 5.74) is 1.14. The first kappa shape index (κ1) is 19.0. The summed E-state index contributed by atoms with van der Waals surface area (Å²) < 4.78 is 1.85. The van der Waals surface area contributed by atoms with Gasteiger partial charge in [-0.2, -0.15) is 0 Å². The monoisotopic (exact) mass is 485 g/mol. The summed E-state index contributed by atoms with van der Waals surface area (Å²) in [5, 5.41) is 3.22. The number of likely N-dealkylation sites (N-methyl/N-ethyl adjacent to an activating group) is 1. The maximum atomic E-state index is 12.7. The van der Waals surface area contributed by atoms with E-state index in [0.29, 0.717) is 4.88 Å². The fourth-order valence-corrected chi connectivity index (χ4v) is 4.84. The minimum Gasteiger partial charge on any atom is -0.343 e. The van der Waals surface area contributed by atoms with Gasteiger partial charge in [-0.25, -0.2) is 0 Å². The van der Waals surface area contributed by atoms with E-state index in [2.05, 4.69) is 66.2 Å². The lowest BCUT2D eigenvalue weighted by Crippen LogP contribution is -2.47. The molecule has 0 aliphatic carbocycles. The zero-order valence-corrected chi connectivity index (χ0v) is 18.0. The Hall–Kier alpha value is -0.730. The van der Waals surface area contributed by atoms with Crippen LogP contribution in [-0.2, 0) is 0 Å². The lowest BCUT2D eigenvalue weighted by molar-refractivity contribution is 0.0911. The molecule has 1 saturated heterocycles. The van der Waals surface area contributed by atoms with E-state index < -0.39 is 0 Å². The summed E-state index contributed by atoms with van der Waals surface area (Å²) in [6.45, 7) is 5.04. The van der Waals surface area contributed by atoms with E-state index in [1.807, 2.05) is 24.3 Å². The van der Waals surface area contributed by atoms with Crippen LogP contribution in [0, 0.1) is 0 Å². The molecule has 134 valence electrons. The van der Waals surface area contributed by atoms with Crippen LogP contribution in [0.25, 0.3) is 0 Å². The second-order valence-electron chi connectivity index (χ2n) is 6.27.